The molecule has 1 aliphatic carbocycles. The first-order valence-corrected chi connectivity index (χ1v) is 10.2. The first kappa shape index (κ1) is 16.8. The number of nitrogens with one attached hydrogen (secondary N) is 2. The van der Waals surface area contributed by atoms with Gasteiger partial charge in [-0.15, -0.1) is 0 Å². The summed E-state index contributed by atoms with van der Waals surface area (Å²) < 4.78 is 7.71. The highest BCUT2D eigenvalue weighted by Gasteiger charge is 2.25. The molecule has 0 unspecified atom stereocenters. The van der Waals surface area contributed by atoms with E-state index in [1.54, 1.807) is 0 Å². The minimum absolute atomic E-state index is 0.703. The number of aromatic nitrogens is 4. The topological polar surface area (TPSA) is 80.1 Å². The van der Waals surface area contributed by atoms with Crippen LogP contribution in [0.25, 0.3) is 22.4 Å². The second kappa shape index (κ2) is 6.45. The highest BCUT2D eigenvalue weighted by molar-refractivity contribution is 5.91. The van der Waals surface area contributed by atoms with E-state index in [0.717, 1.165) is 71.1 Å². The van der Waals surface area contributed by atoms with Gasteiger partial charge in [-0.1, -0.05) is 12.6 Å². The van der Waals surface area contributed by atoms with Crippen LogP contribution in [-0.2, 0) is 11.3 Å². The van der Waals surface area contributed by atoms with Crippen LogP contribution < -0.4 is 15.5 Å². The fourth-order valence-corrected chi connectivity index (χ4v) is 4.01. The molecular formula is C21H23N7O. The van der Waals surface area contributed by atoms with E-state index >= 15 is 0 Å². The van der Waals surface area contributed by atoms with E-state index in [4.69, 9.17) is 19.7 Å². The molecule has 1 saturated heterocycles. The molecule has 1 aromatic carbocycles. The zero-order valence-electron chi connectivity index (χ0n) is 16.2. The molecule has 2 aliphatic heterocycles. The average Bonchev–Trinajstić information content (AvgIpc) is 3.35. The van der Waals surface area contributed by atoms with Crippen molar-refractivity contribution in [2.45, 2.75) is 19.4 Å². The van der Waals surface area contributed by atoms with Crippen molar-refractivity contribution >= 4 is 28.5 Å². The van der Waals surface area contributed by atoms with E-state index in [1.165, 1.54) is 12.8 Å². The molecule has 0 atom stereocenters. The molecule has 1 saturated carbocycles. The molecule has 3 aromatic rings. The Bertz CT molecular complexity index is 1110. The Balaban J connectivity index is 1.49. The smallest absolute Gasteiger partial charge is 0.228 e. The van der Waals surface area contributed by atoms with Gasteiger partial charge in [0, 0.05) is 25.2 Å². The van der Waals surface area contributed by atoms with Crippen LogP contribution in [-0.4, -0.2) is 45.8 Å². The molecule has 8 heteroatoms. The highest BCUT2D eigenvalue weighted by atomic mass is 16.5. The Hall–Kier alpha value is -3.13. The van der Waals surface area contributed by atoms with Gasteiger partial charge in [-0.3, -0.25) is 0 Å². The number of hydrogen-bond donors (Lipinski definition) is 2. The fraction of sp³-hybridized carbons (Fsp3) is 0.381. The van der Waals surface area contributed by atoms with Crippen molar-refractivity contribution in [3.8, 4) is 11.3 Å². The molecule has 2 fully saturated rings. The molecule has 6 rings (SSSR count). The fourth-order valence-electron chi connectivity index (χ4n) is 4.01. The minimum Gasteiger partial charge on any atom is -0.378 e. The lowest BCUT2D eigenvalue weighted by molar-refractivity contribution is 0.122. The van der Waals surface area contributed by atoms with Gasteiger partial charge in [0.05, 0.1) is 30.9 Å². The number of morpholine rings is 1. The third-order valence-electron chi connectivity index (χ3n) is 5.76. The van der Waals surface area contributed by atoms with Gasteiger partial charge < -0.3 is 24.8 Å². The van der Waals surface area contributed by atoms with E-state index in [9.17, 15) is 0 Å². The SMILES string of the molecule is C=C1Nc2ccc(-c3nc(N4CCOCC4)nc4c3ncn4CC3CC3)cc2N1. The van der Waals surface area contributed by atoms with Crippen LogP contribution in [0, 0.1) is 5.92 Å². The van der Waals surface area contributed by atoms with Crippen molar-refractivity contribution in [2.24, 2.45) is 5.92 Å². The van der Waals surface area contributed by atoms with E-state index in [2.05, 4.69) is 44.9 Å². The molecule has 3 aliphatic rings. The van der Waals surface area contributed by atoms with Crippen LogP contribution in [0.5, 0.6) is 0 Å². The van der Waals surface area contributed by atoms with Crippen LogP contribution >= 0.6 is 0 Å². The molecule has 2 N–H and O–H groups in total. The number of rotatable bonds is 4. The molecule has 29 heavy (non-hydrogen) atoms. The first-order chi connectivity index (χ1) is 14.2. The maximum absolute atomic E-state index is 5.52. The van der Waals surface area contributed by atoms with Gasteiger partial charge in [-0.25, -0.2) is 9.97 Å². The molecular weight excluding hydrogens is 366 g/mol. The summed E-state index contributed by atoms with van der Waals surface area (Å²) in [7, 11) is 0. The van der Waals surface area contributed by atoms with Crippen LogP contribution in [0.1, 0.15) is 12.8 Å². The number of hydrogen-bond acceptors (Lipinski definition) is 7. The monoisotopic (exact) mass is 389 g/mol. The maximum atomic E-state index is 5.52. The Morgan fingerprint density at radius 2 is 1.93 bits per heavy atom. The Morgan fingerprint density at radius 1 is 1.10 bits per heavy atom. The van der Waals surface area contributed by atoms with Gasteiger partial charge in [0.1, 0.15) is 17.0 Å². The normalized spacial score (nSPS) is 18.6. The summed E-state index contributed by atoms with van der Waals surface area (Å²) in [6, 6.07) is 6.24. The standard InChI is InChI=1S/C21H23N7O/c1-13-23-16-5-4-15(10-17(16)24-13)18-19-20(28(12-22-19)11-14-2-3-14)26-21(25-18)27-6-8-29-9-7-27/h4-5,10,12,14,23-24H,1-3,6-9,11H2. The summed E-state index contributed by atoms with van der Waals surface area (Å²) in [4.78, 5) is 16.8. The second-order valence-corrected chi connectivity index (χ2v) is 7.97. The number of nitrogens with zero attached hydrogens (tertiary/aromatic N) is 5. The highest BCUT2D eigenvalue weighted by Crippen LogP contribution is 2.37. The van der Waals surface area contributed by atoms with Crippen molar-refractivity contribution < 1.29 is 4.74 Å². The van der Waals surface area contributed by atoms with Gasteiger partial charge in [0.2, 0.25) is 5.95 Å². The van der Waals surface area contributed by atoms with E-state index < -0.39 is 0 Å². The van der Waals surface area contributed by atoms with Crippen LogP contribution in [0.2, 0.25) is 0 Å². The summed E-state index contributed by atoms with van der Waals surface area (Å²) in [5.41, 5.74) is 5.69. The molecule has 0 spiro atoms. The van der Waals surface area contributed by atoms with Crippen molar-refractivity contribution in [3.63, 3.8) is 0 Å². The predicted octanol–water partition coefficient (Wildman–Crippen LogP) is 3.05. The summed E-state index contributed by atoms with van der Waals surface area (Å²) in [6.07, 6.45) is 4.50. The minimum atomic E-state index is 0.703. The molecule has 0 radical (unpaired) electrons. The number of benzene rings is 1. The van der Waals surface area contributed by atoms with Gasteiger partial charge in [-0.2, -0.15) is 4.98 Å². The van der Waals surface area contributed by atoms with Crippen LogP contribution in [0.4, 0.5) is 17.3 Å². The number of anilines is 3. The summed E-state index contributed by atoms with van der Waals surface area (Å²) >= 11 is 0. The lowest BCUT2D eigenvalue weighted by Gasteiger charge is -2.27. The zero-order chi connectivity index (χ0) is 19.4. The van der Waals surface area contributed by atoms with Crippen molar-refractivity contribution in [2.75, 3.05) is 41.8 Å². The molecule has 8 nitrogen and oxygen atoms in total. The van der Waals surface area contributed by atoms with Gasteiger partial charge in [0.25, 0.3) is 0 Å². The Kier molecular flexibility index (Phi) is 3.73. The Labute approximate surface area is 168 Å². The van der Waals surface area contributed by atoms with Crippen LogP contribution in [0.3, 0.4) is 0 Å². The lowest BCUT2D eigenvalue weighted by atomic mass is 10.1. The lowest BCUT2D eigenvalue weighted by Crippen LogP contribution is -2.37. The van der Waals surface area contributed by atoms with E-state index in [-0.39, 0.29) is 0 Å². The zero-order valence-corrected chi connectivity index (χ0v) is 16.2. The van der Waals surface area contributed by atoms with E-state index in [1.807, 2.05) is 6.33 Å². The van der Waals surface area contributed by atoms with E-state index in [0.29, 0.717) is 13.2 Å². The number of ether oxygens (including phenoxy) is 1. The quantitative estimate of drug-likeness (QED) is 0.710. The molecule has 2 aromatic heterocycles. The predicted molar refractivity (Wildman–Crippen MR) is 113 cm³/mol. The third kappa shape index (κ3) is 3.00. The number of imidazole rings is 1. The average molecular weight is 389 g/mol. The van der Waals surface area contributed by atoms with Gasteiger partial charge >= 0.3 is 0 Å². The molecule has 148 valence electrons. The largest absolute Gasteiger partial charge is 0.378 e. The van der Waals surface area contributed by atoms with Crippen LogP contribution in [0.15, 0.2) is 36.9 Å². The summed E-state index contributed by atoms with van der Waals surface area (Å²) in [5, 5.41) is 6.50. The van der Waals surface area contributed by atoms with Crippen molar-refractivity contribution in [1.29, 1.82) is 0 Å². The summed E-state index contributed by atoms with van der Waals surface area (Å²) in [6.45, 7) is 7.94. The summed E-state index contributed by atoms with van der Waals surface area (Å²) in [5.74, 6) is 2.29. The first-order valence-electron chi connectivity index (χ1n) is 10.2. The number of fused-ring (bicyclic) bond motifs is 2. The van der Waals surface area contributed by atoms with Gasteiger partial charge in [0.15, 0.2) is 5.65 Å². The van der Waals surface area contributed by atoms with Crippen molar-refractivity contribution in [1.82, 2.24) is 19.5 Å². The third-order valence-corrected chi connectivity index (χ3v) is 5.76. The molecule has 0 bridgehead atoms. The van der Waals surface area contributed by atoms with Crippen molar-refractivity contribution in [3.05, 3.63) is 36.9 Å². The Morgan fingerprint density at radius 3 is 2.76 bits per heavy atom. The van der Waals surface area contributed by atoms with Gasteiger partial charge in [-0.05, 0) is 30.9 Å². The molecule has 0 amide bonds. The second-order valence-electron chi connectivity index (χ2n) is 7.97. The maximum Gasteiger partial charge on any atom is 0.228 e. The molecule has 4 heterocycles.